The number of rotatable bonds is 4. The molecule has 0 radical (unpaired) electrons. The topological polar surface area (TPSA) is 46.2 Å². The molecule has 1 aromatic rings. The molecule has 3 N–H and O–H groups in total. The Kier molecular flexibility index (Phi) is 5.25. The molecule has 0 heterocycles. The van der Waals surface area contributed by atoms with Crippen molar-refractivity contribution in [2.24, 2.45) is 11.7 Å². The summed E-state index contributed by atoms with van der Waals surface area (Å²) in [6, 6.07) is 5.14. The van der Waals surface area contributed by atoms with Gasteiger partial charge < -0.3 is 10.8 Å². The van der Waals surface area contributed by atoms with Crippen LogP contribution in [0.25, 0.3) is 0 Å². The third-order valence-corrected chi connectivity index (χ3v) is 3.25. The highest BCUT2D eigenvalue weighted by Crippen LogP contribution is 2.29. The molecule has 0 aromatic heterocycles. The summed E-state index contributed by atoms with van der Waals surface area (Å²) < 4.78 is 0.894. The lowest BCUT2D eigenvalue weighted by atomic mass is 9.95. The molecule has 0 aliphatic heterocycles. The number of hydrogen-bond acceptors (Lipinski definition) is 2. The molecule has 90 valence electrons. The molecule has 0 bridgehead atoms. The highest BCUT2D eigenvalue weighted by atomic mass is 79.9. The molecule has 0 aliphatic rings. The summed E-state index contributed by atoms with van der Waals surface area (Å²) >= 11 is 9.38. The van der Waals surface area contributed by atoms with Gasteiger partial charge in [0.15, 0.2) is 0 Å². The maximum Gasteiger partial charge on any atom is 0.0955 e. The van der Waals surface area contributed by atoms with Crippen LogP contribution in [0.1, 0.15) is 31.9 Å². The molecular weight excluding hydrogens is 289 g/mol. The van der Waals surface area contributed by atoms with Crippen LogP contribution < -0.4 is 5.73 Å². The summed E-state index contributed by atoms with van der Waals surface area (Å²) in [5.41, 5.74) is 6.63. The summed E-state index contributed by atoms with van der Waals surface area (Å²) in [6.07, 6.45) is 0.0658. The van der Waals surface area contributed by atoms with E-state index in [4.69, 9.17) is 17.3 Å². The monoisotopic (exact) mass is 305 g/mol. The Hall–Kier alpha value is -0.0900. The van der Waals surface area contributed by atoms with Crippen LogP contribution in [0, 0.1) is 5.92 Å². The van der Waals surface area contributed by atoms with Crippen LogP contribution in [0.15, 0.2) is 22.7 Å². The van der Waals surface area contributed by atoms with Crippen molar-refractivity contribution in [3.05, 3.63) is 33.3 Å². The van der Waals surface area contributed by atoms with Crippen molar-refractivity contribution < 1.29 is 5.11 Å². The van der Waals surface area contributed by atoms with Gasteiger partial charge in [0, 0.05) is 21.1 Å². The van der Waals surface area contributed by atoms with Gasteiger partial charge in [-0.3, -0.25) is 0 Å². The first-order valence-corrected chi connectivity index (χ1v) is 6.47. The summed E-state index contributed by atoms with van der Waals surface area (Å²) in [5, 5.41) is 10.6. The van der Waals surface area contributed by atoms with Crippen LogP contribution in [0.5, 0.6) is 0 Å². The number of aliphatic hydroxyl groups is 1. The minimum atomic E-state index is -0.706. The van der Waals surface area contributed by atoms with E-state index in [1.165, 1.54) is 0 Å². The van der Waals surface area contributed by atoms with E-state index in [1.54, 1.807) is 12.1 Å². The smallest absolute Gasteiger partial charge is 0.0955 e. The van der Waals surface area contributed by atoms with E-state index in [-0.39, 0.29) is 6.04 Å². The van der Waals surface area contributed by atoms with Gasteiger partial charge in [0.25, 0.3) is 0 Å². The zero-order chi connectivity index (χ0) is 12.3. The molecule has 0 spiro atoms. The average Bonchev–Trinajstić information content (AvgIpc) is 2.15. The molecule has 4 heteroatoms. The number of aliphatic hydroxyl groups excluding tert-OH is 1. The van der Waals surface area contributed by atoms with Gasteiger partial charge in [0.2, 0.25) is 0 Å². The van der Waals surface area contributed by atoms with Crippen LogP contribution in [-0.4, -0.2) is 11.1 Å². The van der Waals surface area contributed by atoms with Crippen molar-refractivity contribution in [3.8, 4) is 0 Å². The SMILES string of the molecule is CC(C)CC(N)C(O)c1ccc(Br)cc1Cl. The molecule has 0 aliphatic carbocycles. The molecule has 0 saturated carbocycles. The van der Waals surface area contributed by atoms with Crippen molar-refractivity contribution >= 4 is 27.5 Å². The fraction of sp³-hybridized carbons (Fsp3) is 0.500. The second kappa shape index (κ2) is 6.01. The molecular formula is C12H17BrClNO. The Morgan fingerprint density at radius 2 is 2.06 bits per heavy atom. The van der Waals surface area contributed by atoms with Crippen molar-refractivity contribution in [2.45, 2.75) is 32.4 Å². The second-order valence-corrected chi connectivity index (χ2v) is 5.73. The van der Waals surface area contributed by atoms with Crippen LogP contribution in [0.2, 0.25) is 5.02 Å². The van der Waals surface area contributed by atoms with Crippen molar-refractivity contribution in [2.75, 3.05) is 0 Å². The van der Waals surface area contributed by atoms with E-state index in [2.05, 4.69) is 29.8 Å². The van der Waals surface area contributed by atoms with Crippen LogP contribution in [0.3, 0.4) is 0 Å². The van der Waals surface area contributed by atoms with E-state index in [9.17, 15) is 5.11 Å². The first kappa shape index (κ1) is 14.0. The molecule has 2 atom stereocenters. The van der Waals surface area contributed by atoms with Crippen molar-refractivity contribution in [3.63, 3.8) is 0 Å². The first-order chi connectivity index (χ1) is 7.41. The van der Waals surface area contributed by atoms with Crippen molar-refractivity contribution in [1.82, 2.24) is 0 Å². The van der Waals surface area contributed by atoms with Crippen LogP contribution >= 0.6 is 27.5 Å². The zero-order valence-corrected chi connectivity index (χ0v) is 11.8. The Morgan fingerprint density at radius 3 is 2.56 bits per heavy atom. The Morgan fingerprint density at radius 1 is 1.44 bits per heavy atom. The quantitative estimate of drug-likeness (QED) is 0.894. The van der Waals surface area contributed by atoms with E-state index < -0.39 is 6.10 Å². The van der Waals surface area contributed by atoms with Crippen LogP contribution in [-0.2, 0) is 0 Å². The normalized spacial score (nSPS) is 15.2. The van der Waals surface area contributed by atoms with E-state index in [0.717, 1.165) is 10.9 Å². The maximum atomic E-state index is 10.1. The molecule has 2 unspecified atom stereocenters. The number of benzene rings is 1. The minimum Gasteiger partial charge on any atom is -0.387 e. The lowest BCUT2D eigenvalue weighted by Gasteiger charge is -2.21. The second-order valence-electron chi connectivity index (χ2n) is 4.40. The van der Waals surface area contributed by atoms with E-state index >= 15 is 0 Å². The standard InChI is InChI=1S/C12H17BrClNO/c1-7(2)5-11(15)12(16)9-4-3-8(13)6-10(9)14/h3-4,6-7,11-12,16H,5,15H2,1-2H3. The summed E-state index contributed by atoms with van der Waals surface area (Å²) in [5.74, 6) is 0.457. The molecule has 0 amide bonds. The summed E-state index contributed by atoms with van der Waals surface area (Å²) in [6.45, 7) is 4.16. The Labute approximate surface area is 110 Å². The summed E-state index contributed by atoms with van der Waals surface area (Å²) in [4.78, 5) is 0. The predicted octanol–water partition coefficient (Wildman–Crippen LogP) is 3.51. The van der Waals surface area contributed by atoms with Gasteiger partial charge >= 0.3 is 0 Å². The van der Waals surface area contributed by atoms with Gasteiger partial charge in [-0.15, -0.1) is 0 Å². The van der Waals surface area contributed by atoms with Gasteiger partial charge in [-0.1, -0.05) is 47.4 Å². The third-order valence-electron chi connectivity index (χ3n) is 2.43. The molecule has 16 heavy (non-hydrogen) atoms. The molecule has 0 saturated heterocycles. The van der Waals surface area contributed by atoms with Gasteiger partial charge in [-0.2, -0.15) is 0 Å². The number of nitrogens with two attached hydrogens (primary N) is 1. The number of halogens is 2. The molecule has 2 nitrogen and oxygen atoms in total. The Balaban J connectivity index is 2.83. The maximum absolute atomic E-state index is 10.1. The Bertz CT molecular complexity index is 357. The third kappa shape index (κ3) is 3.74. The largest absolute Gasteiger partial charge is 0.387 e. The average molecular weight is 307 g/mol. The van der Waals surface area contributed by atoms with Gasteiger partial charge in [-0.25, -0.2) is 0 Å². The van der Waals surface area contributed by atoms with Gasteiger partial charge in [-0.05, 0) is 24.5 Å². The van der Waals surface area contributed by atoms with Gasteiger partial charge in [0.05, 0.1) is 6.10 Å². The molecule has 1 rings (SSSR count). The van der Waals surface area contributed by atoms with Crippen molar-refractivity contribution in [1.29, 1.82) is 0 Å². The van der Waals surface area contributed by atoms with Crippen LogP contribution in [0.4, 0.5) is 0 Å². The number of hydrogen-bond donors (Lipinski definition) is 2. The zero-order valence-electron chi connectivity index (χ0n) is 9.45. The lowest BCUT2D eigenvalue weighted by Crippen LogP contribution is -2.30. The highest BCUT2D eigenvalue weighted by Gasteiger charge is 2.20. The molecule has 1 aromatic carbocycles. The predicted molar refractivity (Wildman–Crippen MR) is 71.5 cm³/mol. The highest BCUT2D eigenvalue weighted by molar-refractivity contribution is 9.10. The van der Waals surface area contributed by atoms with E-state index in [1.807, 2.05) is 6.07 Å². The van der Waals surface area contributed by atoms with E-state index in [0.29, 0.717) is 16.5 Å². The first-order valence-electron chi connectivity index (χ1n) is 5.30. The summed E-state index contributed by atoms with van der Waals surface area (Å²) in [7, 11) is 0. The lowest BCUT2D eigenvalue weighted by molar-refractivity contribution is 0.136. The minimum absolute atomic E-state index is 0.279. The molecule has 0 fully saturated rings. The fourth-order valence-electron chi connectivity index (χ4n) is 1.65. The fourth-order valence-corrected chi connectivity index (χ4v) is 2.43. The van der Waals surface area contributed by atoms with Gasteiger partial charge in [0.1, 0.15) is 0 Å².